The van der Waals surface area contributed by atoms with Gasteiger partial charge in [0.1, 0.15) is 11.5 Å². The van der Waals surface area contributed by atoms with Gasteiger partial charge in [0.25, 0.3) is 0 Å². The summed E-state index contributed by atoms with van der Waals surface area (Å²) in [5.41, 5.74) is 1.91. The van der Waals surface area contributed by atoms with E-state index in [9.17, 15) is 4.79 Å². The predicted octanol–water partition coefficient (Wildman–Crippen LogP) is 4.61. The number of aromatic nitrogens is 2. The van der Waals surface area contributed by atoms with Crippen molar-refractivity contribution in [3.05, 3.63) is 60.0 Å². The molecule has 31 heavy (non-hydrogen) atoms. The molecule has 4 rings (SSSR count). The largest absolute Gasteiger partial charge is 0.497 e. The van der Waals surface area contributed by atoms with E-state index >= 15 is 0 Å². The number of carbonyl (C=O) groups is 1. The standard InChI is InChI=1S/C24H27N3O4/c1-15(2)30-21-11-7-18(8-12-21)23-25-24(31-26-23)19-13-22(28)27(14-19)16(3)17-5-9-20(29-4)10-6-17/h5-12,15-16,19H,13-14H2,1-4H3. The van der Waals surface area contributed by atoms with E-state index < -0.39 is 0 Å². The third kappa shape index (κ3) is 4.55. The summed E-state index contributed by atoms with van der Waals surface area (Å²) < 4.78 is 16.4. The number of ether oxygens (including phenoxy) is 2. The Balaban J connectivity index is 1.45. The number of hydrogen-bond donors (Lipinski definition) is 0. The maximum atomic E-state index is 12.7. The average Bonchev–Trinajstić information content (AvgIpc) is 3.40. The van der Waals surface area contributed by atoms with Crippen molar-refractivity contribution in [2.24, 2.45) is 0 Å². The van der Waals surface area contributed by atoms with Gasteiger partial charge in [0, 0.05) is 18.5 Å². The van der Waals surface area contributed by atoms with Crippen LogP contribution in [-0.4, -0.2) is 40.7 Å². The van der Waals surface area contributed by atoms with Crippen molar-refractivity contribution in [1.29, 1.82) is 0 Å². The number of carbonyl (C=O) groups excluding carboxylic acids is 1. The van der Waals surface area contributed by atoms with Crippen LogP contribution in [0.1, 0.15) is 50.6 Å². The van der Waals surface area contributed by atoms with Crippen molar-refractivity contribution in [3.63, 3.8) is 0 Å². The molecule has 2 atom stereocenters. The molecule has 0 bridgehead atoms. The summed E-state index contributed by atoms with van der Waals surface area (Å²) in [6.45, 7) is 6.55. The lowest BCUT2D eigenvalue weighted by atomic mass is 10.1. The lowest BCUT2D eigenvalue weighted by Gasteiger charge is -2.25. The molecule has 7 nitrogen and oxygen atoms in total. The van der Waals surface area contributed by atoms with E-state index in [2.05, 4.69) is 10.1 Å². The molecule has 2 heterocycles. The smallest absolute Gasteiger partial charge is 0.232 e. The van der Waals surface area contributed by atoms with Crippen molar-refractivity contribution >= 4 is 5.91 Å². The van der Waals surface area contributed by atoms with Crippen LogP contribution in [0.4, 0.5) is 0 Å². The minimum absolute atomic E-state index is 0.0423. The molecule has 0 aliphatic carbocycles. The Morgan fingerprint density at radius 3 is 2.35 bits per heavy atom. The maximum absolute atomic E-state index is 12.7. The van der Waals surface area contributed by atoms with Crippen LogP contribution in [0.5, 0.6) is 11.5 Å². The molecule has 3 aromatic rings. The SMILES string of the molecule is COc1ccc(C(C)N2CC(c3nc(-c4ccc(OC(C)C)cc4)no3)CC2=O)cc1. The summed E-state index contributed by atoms with van der Waals surface area (Å²) in [5, 5.41) is 4.12. The quantitative estimate of drug-likeness (QED) is 0.554. The molecule has 1 fully saturated rings. The van der Waals surface area contributed by atoms with Crippen molar-refractivity contribution < 1.29 is 18.8 Å². The van der Waals surface area contributed by atoms with Gasteiger partial charge in [-0.2, -0.15) is 4.98 Å². The topological polar surface area (TPSA) is 77.7 Å². The van der Waals surface area contributed by atoms with Crippen molar-refractivity contribution in [2.45, 2.75) is 45.3 Å². The van der Waals surface area contributed by atoms with Crippen LogP contribution in [-0.2, 0) is 4.79 Å². The minimum atomic E-state index is -0.113. The van der Waals surface area contributed by atoms with E-state index in [0.717, 1.165) is 22.6 Å². The molecule has 1 amide bonds. The Morgan fingerprint density at radius 1 is 1.03 bits per heavy atom. The maximum Gasteiger partial charge on any atom is 0.232 e. The molecule has 1 aromatic heterocycles. The Morgan fingerprint density at radius 2 is 1.71 bits per heavy atom. The normalized spacial score (nSPS) is 17.3. The van der Waals surface area contributed by atoms with Crippen LogP contribution in [0, 0.1) is 0 Å². The second kappa shape index (κ2) is 8.79. The summed E-state index contributed by atoms with van der Waals surface area (Å²) in [6.07, 6.45) is 0.481. The second-order valence-electron chi connectivity index (χ2n) is 8.04. The van der Waals surface area contributed by atoms with E-state index in [-0.39, 0.29) is 24.0 Å². The van der Waals surface area contributed by atoms with Gasteiger partial charge in [-0.05, 0) is 62.7 Å². The molecule has 162 valence electrons. The number of nitrogens with zero attached hydrogens (tertiary/aromatic N) is 3. The number of amides is 1. The molecule has 2 aromatic carbocycles. The Labute approximate surface area is 182 Å². The Bertz CT molecular complexity index is 1030. The van der Waals surface area contributed by atoms with Crippen LogP contribution < -0.4 is 9.47 Å². The summed E-state index contributed by atoms with van der Waals surface area (Å²) >= 11 is 0. The van der Waals surface area contributed by atoms with Gasteiger partial charge in [0.05, 0.1) is 25.2 Å². The van der Waals surface area contributed by atoms with Gasteiger partial charge in [0.15, 0.2) is 0 Å². The minimum Gasteiger partial charge on any atom is -0.497 e. The average molecular weight is 421 g/mol. The van der Waals surface area contributed by atoms with Gasteiger partial charge in [0.2, 0.25) is 17.6 Å². The van der Waals surface area contributed by atoms with Crippen LogP contribution in [0.15, 0.2) is 53.1 Å². The van der Waals surface area contributed by atoms with Crippen LogP contribution in [0.25, 0.3) is 11.4 Å². The number of likely N-dealkylation sites (tertiary alicyclic amines) is 1. The highest BCUT2D eigenvalue weighted by atomic mass is 16.5. The number of rotatable bonds is 7. The van der Waals surface area contributed by atoms with Gasteiger partial charge in [-0.1, -0.05) is 17.3 Å². The zero-order valence-electron chi connectivity index (χ0n) is 18.2. The fraction of sp³-hybridized carbons (Fsp3) is 0.375. The first kappa shape index (κ1) is 20.9. The highest BCUT2D eigenvalue weighted by Gasteiger charge is 2.37. The molecular formula is C24H27N3O4. The monoisotopic (exact) mass is 421 g/mol. The Hall–Kier alpha value is -3.35. The molecule has 0 spiro atoms. The highest BCUT2D eigenvalue weighted by molar-refractivity contribution is 5.80. The molecule has 2 unspecified atom stereocenters. The molecular weight excluding hydrogens is 394 g/mol. The van der Waals surface area contributed by atoms with Crippen molar-refractivity contribution in [2.75, 3.05) is 13.7 Å². The van der Waals surface area contributed by atoms with Crippen LogP contribution in [0.2, 0.25) is 0 Å². The fourth-order valence-corrected chi connectivity index (χ4v) is 3.81. The number of hydrogen-bond acceptors (Lipinski definition) is 6. The van der Waals surface area contributed by atoms with Crippen molar-refractivity contribution in [3.8, 4) is 22.9 Å². The fourth-order valence-electron chi connectivity index (χ4n) is 3.81. The molecule has 0 N–H and O–H groups in total. The van der Waals surface area contributed by atoms with E-state index in [0.29, 0.717) is 24.7 Å². The number of benzene rings is 2. The summed E-state index contributed by atoms with van der Waals surface area (Å²) in [7, 11) is 1.64. The van der Waals surface area contributed by atoms with Crippen molar-refractivity contribution in [1.82, 2.24) is 15.0 Å². The van der Waals surface area contributed by atoms with E-state index in [1.165, 1.54) is 0 Å². The Kier molecular flexibility index (Phi) is 5.93. The van der Waals surface area contributed by atoms with E-state index in [1.54, 1.807) is 7.11 Å². The predicted molar refractivity (Wildman–Crippen MR) is 116 cm³/mol. The second-order valence-corrected chi connectivity index (χ2v) is 8.04. The zero-order valence-corrected chi connectivity index (χ0v) is 18.2. The third-order valence-corrected chi connectivity index (χ3v) is 5.50. The molecule has 7 heteroatoms. The van der Waals surface area contributed by atoms with Crippen LogP contribution >= 0.6 is 0 Å². The van der Waals surface area contributed by atoms with Gasteiger partial charge in [-0.25, -0.2) is 0 Å². The lowest BCUT2D eigenvalue weighted by molar-refractivity contribution is -0.129. The van der Waals surface area contributed by atoms with Crippen LogP contribution in [0.3, 0.4) is 0 Å². The third-order valence-electron chi connectivity index (χ3n) is 5.50. The molecule has 0 saturated carbocycles. The van der Waals surface area contributed by atoms with Gasteiger partial charge >= 0.3 is 0 Å². The highest BCUT2D eigenvalue weighted by Crippen LogP contribution is 2.34. The summed E-state index contributed by atoms with van der Waals surface area (Å²) in [4.78, 5) is 19.1. The van der Waals surface area contributed by atoms with E-state index in [4.69, 9.17) is 14.0 Å². The molecule has 0 radical (unpaired) electrons. The lowest BCUT2D eigenvalue weighted by Crippen LogP contribution is -2.28. The zero-order chi connectivity index (χ0) is 22.0. The number of methoxy groups -OCH3 is 1. The summed E-state index contributed by atoms with van der Waals surface area (Å²) in [6, 6.07) is 15.3. The first-order valence-corrected chi connectivity index (χ1v) is 10.5. The molecule has 1 aliphatic rings. The molecule has 1 aliphatic heterocycles. The first-order valence-electron chi connectivity index (χ1n) is 10.5. The van der Waals surface area contributed by atoms with Gasteiger partial charge in [-0.3, -0.25) is 4.79 Å². The summed E-state index contributed by atoms with van der Waals surface area (Å²) in [5.74, 6) is 2.58. The molecule has 1 saturated heterocycles. The van der Waals surface area contributed by atoms with Gasteiger partial charge < -0.3 is 18.9 Å². The van der Waals surface area contributed by atoms with E-state index in [1.807, 2.05) is 74.2 Å². The van der Waals surface area contributed by atoms with Gasteiger partial charge in [-0.15, -0.1) is 0 Å². The first-order chi connectivity index (χ1) is 14.9.